The molecule has 0 aliphatic heterocycles. The highest BCUT2D eigenvalue weighted by Crippen LogP contribution is 2.05. The zero-order valence-electron chi connectivity index (χ0n) is 7.03. The van der Waals surface area contributed by atoms with Gasteiger partial charge in [0.1, 0.15) is 0 Å². The molecule has 0 aliphatic carbocycles. The minimum atomic E-state index is -3.26. The lowest BCUT2D eigenvalue weighted by Crippen LogP contribution is -2.18. The molecule has 0 amide bonds. The topological polar surface area (TPSA) is 101 Å². The van der Waals surface area contributed by atoms with Crippen LogP contribution in [0.1, 0.15) is 6.42 Å². The first kappa shape index (κ1) is 10.0. The summed E-state index contributed by atoms with van der Waals surface area (Å²) in [6, 6.07) is 0. The van der Waals surface area contributed by atoms with E-state index in [4.69, 9.17) is 5.73 Å². The number of aromatic nitrogens is 2. The van der Waals surface area contributed by atoms with Crippen LogP contribution in [0.15, 0.2) is 12.4 Å². The highest BCUT2D eigenvalue weighted by atomic mass is 32.2. The lowest BCUT2D eigenvalue weighted by molar-refractivity contribution is 0.599. The number of rotatable bonds is 5. The molecule has 0 aliphatic rings. The minimum Gasteiger partial charge on any atom is -0.330 e. The standard InChI is InChI=1S/C6H12N4O2S/c7-2-1-3-13(11,12)10-6-4-8-9-5-6/h4-5,10H,1-3,7H2,(H,8,9). The van der Waals surface area contributed by atoms with Gasteiger partial charge in [-0.15, -0.1) is 0 Å². The van der Waals surface area contributed by atoms with Gasteiger partial charge in [-0.2, -0.15) is 5.10 Å². The molecule has 0 fully saturated rings. The number of nitrogens with one attached hydrogen (secondary N) is 2. The van der Waals surface area contributed by atoms with Crippen LogP contribution in [0.25, 0.3) is 0 Å². The van der Waals surface area contributed by atoms with Gasteiger partial charge in [0.2, 0.25) is 10.0 Å². The van der Waals surface area contributed by atoms with Crippen molar-refractivity contribution in [2.45, 2.75) is 6.42 Å². The number of nitrogens with two attached hydrogens (primary N) is 1. The van der Waals surface area contributed by atoms with E-state index in [0.717, 1.165) is 0 Å². The SMILES string of the molecule is NCCCS(=O)(=O)Nc1cn[nH]c1. The van der Waals surface area contributed by atoms with Gasteiger partial charge in [0.05, 0.1) is 17.6 Å². The molecule has 7 heteroatoms. The molecule has 1 aromatic heterocycles. The zero-order valence-corrected chi connectivity index (χ0v) is 7.84. The smallest absolute Gasteiger partial charge is 0.232 e. The van der Waals surface area contributed by atoms with Crippen LogP contribution in [0.2, 0.25) is 0 Å². The van der Waals surface area contributed by atoms with Crippen LogP contribution in [-0.2, 0) is 10.0 Å². The largest absolute Gasteiger partial charge is 0.330 e. The first-order valence-electron chi connectivity index (χ1n) is 3.83. The van der Waals surface area contributed by atoms with Gasteiger partial charge < -0.3 is 5.73 Å². The van der Waals surface area contributed by atoms with Crippen molar-refractivity contribution in [3.63, 3.8) is 0 Å². The number of hydrogen-bond acceptors (Lipinski definition) is 4. The summed E-state index contributed by atoms with van der Waals surface area (Å²) in [4.78, 5) is 0. The number of anilines is 1. The Bertz CT molecular complexity index is 332. The van der Waals surface area contributed by atoms with Crippen molar-refractivity contribution in [2.75, 3.05) is 17.0 Å². The average molecular weight is 204 g/mol. The molecule has 0 saturated carbocycles. The third-order valence-electron chi connectivity index (χ3n) is 1.39. The summed E-state index contributed by atoms with van der Waals surface area (Å²) >= 11 is 0. The Balaban J connectivity index is 2.53. The maximum absolute atomic E-state index is 11.2. The van der Waals surface area contributed by atoms with Crippen LogP contribution in [0.5, 0.6) is 0 Å². The molecule has 0 saturated heterocycles. The monoisotopic (exact) mass is 204 g/mol. The van der Waals surface area contributed by atoms with Gasteiger partial charge in [-0.3, -0.25) is 9.82 Å². The zero-order chi connectivity index (χ0) is 9.73. The molecule has 0 bridgehead atoms. The van der Waals surface area contributed by atoms with E-state index in [9.17, 15) is 8.42 Å². The maximum atomic E-state index is 11.2. The lowest BCUT2D eigenvalue weighted by Gasteiger charge is -2.03. The average Bonchev–Trinajstić information content (AvgIpc) is 2.52. The number of nitrogens with zero attached hydrogens (tertiary/aromatic N) is 1. The van der Waals surface area contributed by atoms with E-state index in [0.29, 0.717) is 18.7 Å². The summed E-state index contributed by atoms with van der Waals surface area (Å²) < 4.78 is 24.9. The van der Waals surface area contributed by atoms with Gasteiger partial charge in [0, 0.05) is 6.20 Å². The molecular weight excluding hydrogens is 192 g/mol. The van der Waals surface area contributed by atoms with Crippen molar-refractivity contribution < 1.29 is 8.42 Å². The van der Waals surface area contributed by atoms with Gasteiger partial charge in [-0.05, 0) is 13.0 Å². The fraction of sp³-hybridized carbons (Fsp3) is 0.500. The molecule has 6 nitrogen and oxygen atoms in total. The molecule has 1 aromatic rings. The molecule has 13 heavy (non-hydrogen) atoms. The minimum absolute atomic E-state index is 0.0364. The van der Waals surface area contributed by atoms with E-state index in [2.05, 4.69) is 14.9 Å². The summed E-state index contributed by atoms with van der Waals surface area (Å²) in [5.74, 6) is 0.0364. The Morgan fingerprint density at radius 2 is 2.38 bits per heavy atom. The molecule has 0 unspecified atom stereocenters. The van der Waals surface area contributed by atoms with Crippen LogP contribution in [-0.4, -0.2) is 30.9 Å². The van der Waals surface area contributed by atoms with E-state index in [1.165, 1.54) is 12.4 Å². The number of sulfonamides is 1. The first-order valence-corrected chi connectivity index (χ1v) is 5.48. The lowest BCUT2D eigenvalue weighted by atomic mass is 10.5. The van der Waals surface area contributed by atoms with Crippen LogP contribution >= 0.6 is 0 Å². The molecule has 0 aromatic carbocycles. The molecule has 0 spiro atoms. The highest BCUT2D eigenvalue weighted by molar-refractivity contribution is 7.92. The Labute approximate surface area is 76.6 Å². The van der Waals surface area contributed by atoms with Gasteiger partial charge in [0.15, 0.2) is 0 Å². The summed E-state index contributed by atoms with van der Waals surface area (Å²) in [5, 5.41) is 6.12. The number of H-pyrrole nitrogens is 1. The molecule has 0 radical (unpaired) electrons. The Morgan fingerprint density at radius 1 is 1.62 bits per heavy atom. The van der Waals surface area contributed by atoms with Gasteiger partial charge in [-0.1, -0.05) is 0 Å². The highest BCUT2D eigenvalue weighted by Gasteiger charge is 2.09. The normalized spacial score (nSPS) is 11.5. The van der Waals surface area contributed by atoms with Gasteiger partial charge in [-0.25, -0.2) is 8.42 Å². The summed E-state index contributed by atoms with van der Waals surface area (Å²) in [6.07, 6.45) is 3.33. The summed E-state index contributed by atoms with van der Waals surface area (Å²) in [7, 11) is -3.26. The fourth-order valence-corrected chi connectivity index (χ4v) is 1.93. The Hall–Kier alpha value is -1.08. The summed E-state index contributed by atoms with van der Waals surface area (Å²) in [5.41, 5.74) is 5.64. The van der Waals surface area contributed by atoms with E-state index in [1.54, 1.807) is 0 Å². The van der Waals surface area contributed by atoms with Crippen LogP contribution < -0.4 is 10.5 Å². The van der Waals surface area contributed by atoms with Crippen molar-refractivity contribution in [2.24, 2.45) is 5.73 Å². The van der Waals surface area contributed by atoms with E-state index >= 15 is 0 Å². The Kier molecular flexibility index (Phi) is 3.26. The third kappa shape index (κ3) is 3.43. The molecule has 4 N–H and O–H groups in total. The second-order valence-electron chi connectivity index (χ2n) is 2.55. The molecule has 1 rings (SSSR count). The van der Waals surface area contributed by atoms with E-state index in [-0.39, 0.29) is 5.75 Å². The fourth-order valence-electron chi connectivity index (χ4n) is 0.811. The number of hydrogen-bond donors (Lipinski definition) is 3. The van der Waals surface area contributed by atoms with E-state index < -0.39 is 10.0 Å². The van der Waals surface area contributed by atoms with Crippen molar-refractivity contribution in [1.29, 1.82) is 0 Å². The van der Waals surface area contributed by atoms with Crippen LogP contribution in [0.3, 0.4) is 0 Å². The molecule has 74 valence electrons. The van der Waals surface area contributed by atoms with Crippen molar-refractivity contribution in [3.8, 4) is 0 Å². The second kappa shape index (κ2) is 4.24. The van der Waals surface area contributed by atoms with Gasteiger partial charge >= 0.3 is 0 Å². The van der Waals surface area contributed by atoms with Crippen LogP contribution in [0.4, 0.5) is 5.69 Å². The Morgan fingerprint density at radius 3 is 2.92 bits per heavy atom. The van der Waals surface area contributed by atoms with Crippen molar-refractivity contribution in [1.82, 2.24) is 10.2 Å². The maximum Gasteiger partial charge on any atom is 0.232 e. The molecular formula is C6H12N4O2S. The van der Waals surface area contributed by atoms with Crippen LogP contribution in [0, 0.1) is 0 Å². The third-order valence-corrected chi connectivity index (χ3v) is 2.76. The molecule has 0 atom stereocenters. The first-order chi connectivity index (χ1) is 6.14. The predicted octanol–water partition coefficient (Wildman–Crippen LogP) is -0.500. The van der Waals surface area contributed by atoms with Crippen molar-refractivity contribution in [3.05, 3.63) is 12.4 Å². The summed E-state index contributed by atoms with van der Waals surface area (Å²) in [6.45, 7) is 0.367. The van der Waals surface area contributed by atoms with Crippen molar-refractivity contribution >= 4 is 15.7 Å². The predicted molar refractivity (Wildman–Crippen MR) is 49.7 cm³/mol. The van der Waals surface area contributed by atoms with E-state index in [1.807, 2.05) is 0 Å². The number of aromatic amines is 1. The van der Waals surface area contributed by atoms with Gasteiger partial charge in [0.25, 0.3) is 0 Å². The quantitative estimate of drug-likeness (QED) is 0.601. The second-order valence-corrected chi connectivity index (χ2v) is 4.39. The molecule has 1 heterocycles.